The summed E-state index contributed by atoms with van der Waals surface area (Å²) < 4.78 is 0. The average molecular weight is 339 g/mol. The molecule has 0 aromatic rings. The maximum Gasteiger partial charge on any atom is 0.129 e. The highest BCUT2D eigenvalue weighted by Crippen LogP contribution is 2.32. The first-order valence-corrected chi connectivity index (χ1v) is 10.8. The predicted octanol–water partition coefficient (Wildman–Crippen LogP) is 6.73. The van der Waals surface area contributed by atoms with E-state index in [1.54, 1.807) is 6.92 Å². The number of carbonyl (C=O) groups excluding carboxylic acids is 1. The van der Waals surface area contributed by atoms with Crippen molar-refractivity contribution in [3.05, 3.63) is 0 Å². The van der Waals surface area contributed by atoms with Crippen LogP contribution in [0.4, 0.5) is 0 Å². The smallest absolute Gasteiger partial charge is 0.129 e. The largest absolute Gasteiger partial charge is 0.390 e. The van der Waals surface area contributed by atoms with Crippen LogP contribution in [-0.2, 0) is 4.79 Å². The van der Waals surface area contributed by atoms with Crippen molar-refractivity contribution in [3.8, 4) is 0 Å². The molecule has 1 N–H and O–H groups in total. The number of rotatable bonds is 15. The van der Waals surface area contributed by atoms with E-state index in [1.165, 1.54) is 89.9 Å². The third kappa shape index (κ3) is 12.1. The molecule has 1 aliphatic carbocycles. The SMILES string of the molecule is CC(=O)CCCCCCCCCCCCCCC1(O)CCCCC1. The Hall–Kier alpha value is -0.370. The van der Waals surface area contributed by atoms with Crippen LogP contribution in [0.25, 0.3) is 0 Å². The maximum absolute atomic E-state index is 10.8. The van der Waals surface area contributed by atoms with Crippen molar-refractivity contribution >= 4 is 5.78 Å². The molecule has 1 saturated carbocycles. The van der Waals surface area contributed by atoms with Gasteiger partial charge < -0.3 is 9.90 Å². The lowest BCUT2D eigenvalue weighted by atomic mass is 9.81. The molecule has 0 amide bonds. The molecule has 0 spiro atoms. The van der Waals surface area contributed by atoms with Crippen molar-refractivity contribution < 1.29 is 9.90 Å². The highest BCUT2D eigenvalue weighted by Gasteiger charge is 2.27. The number of hydrogen-bond acceptors (Lipinski definition) is 2. The van der Waals surface area contributed by atoms with Gasteiger partial charge in [0, 0.05) is 6.42 Å². The normalized spacial score (nSPS) is 17.1. The van der Waals surface area contributed by atoms with Gasteiger partial charge in [-0.25, -0.2) is 0 Å². The van der Waals surface area contributed by atoms with E-state index in [2.05, 4.69) is 0 Å². The lowest BCUT2D eigenvalue weighted by molar-refractivity contribution is -0.117. The van der Waals surface area contributed by atoms with Gasteiger partial charge in [-0.2, -0.15) is 0 Å². The molecule has 1 fully saturated rings. The van der Waals surface area contributed by atoms with Crippen molar-refractivity contribution in [2.75, 3.05) is 0 Å². The molecule has 142 valence electrons. The fraction of sp³-hybridized carbons (Fsp3) is 0.955. The second-order valence-corrected chi connectivity index (χ2v) is 8.23. The minimum absolute atomic E-state index is 0.303. The molecule has 24 heavy (non-hydrogen) atoms. The second-order valence-electron chi connectivity index (χ2n) is 8.23. The molecule has 2 heteroatoms. The van der Waals surface area contributed by atoms with Gasteiger partial charge in [0.25, 0.3) is 0 Å². The Balaban J connectivity index is 1.75. The maximum atomic E-state index is 10.8. The van der Waals surface area contributed by atoms with Crippen LogP contribution in [-0.4, -0.2) is 16.5 Å². The molecule has 0 bridgehead atoms. The zero-order valence-corrected chi connectivity index (χ0v) is 16.3. The number of hydrogen-bond donors (Lipinski definition) is 1. The molecule has 0 atom stereocenters. The fourth-order valence-electron chi connectivity index (χ4n) is 4.06. The summed E-state index contributed by atoms with van der Waals surface area (Å²) in [4.78, 5) is 10.8. The lowest BCUT2D eigenvalue weighted by Crippen LogP contribution is -2.30. The van der Waals surface area contributed by atoms with E-state index in [0.29, 0.717) is 5.78 Å². The molecule has 1 rings (SSSR count). The predicted molar refractivity (Wildman–Crippen MR) is 103 cm³/mol. The Morgan fingerprint density at radius 1 is 0.708 bits per heavy atom. The van der Waals surface area contributed by atoms with Crippen LogP contribution in [0.1, 0.15) is 129 Å². The van der Waals surface area contributed by atoms with E-state index < -0.39 is 0 Å². The molecule has 0 radical (unpaired) electrons. The molecule has 0 aromatic carbocycles. The van der Waals surface area contributed by atoms with E-state index in [-0.39, 0.29) is 5.60 Å². The highest BCUT2D eigenvalue weighted by atomic mass is 16.3. The van der Waals surface area contributed by atoms with E-state index in [9.17, 15) is 9.90 Å². The average Bonchev–Trinajstić information content (AvgIpc) is 2.55. The Labute approximate surface area is 150 Å². The van der Waals surface area contributed by atoms with Crippen LogP contribution in [0.3, 0.4) is 0 Å². The Morgan fingerprint density at radius 3 is 1.58 bits per heavy atom. The summed E-state index contributed by atoms with van der Waals surface area (Å²) in [5.41, 5.74) is -0.303. The van der Waals surface area contributed by atoms with Gasteiger partial charge in [0.1, 0.15) is 5.78 Å². The van der Waals surface area contributed by atoms with Gasteiger partial charge in [-0.1, -0.05) is 89.9 Å². The standard InChI is InChI=1S/C22H42O2/c1-21(23)17-13-10-8-6-4-2-3-5-7-9-11-14-18-22(24)19-15-12-16-20-22/h24H,2-20H2,1H3. The number of aliphatic hydroxyl groups is 1. The molecular weight excluding hydrogens is 296 g/mol. The third-order valence-corrected chi connectivity index (χ3v) is 5.71. The minimum atomic E-state index is -0.303. The fourth-order valence-corrected chi connectivity index (χ4v) is 4.06. The third-order valence-electron chi connectivity index (χ3n) is 5.71. The first-order valence-electron chi connectivity index (χ1n) is 10.8. The van der Waals surface area contributed by atoms with Gasteiger partial charge in [0.05, 0.1) is 5.60 Å². The van der Waals surface area contributed by atoms with E-state index in [4.69, 9.17) is 0 Å². The van der Waals surface area contributed by atoms with Crippen molar-refractivity contribution in [2.24, 2.45) is 0 Å². The quantitative estimate of drug-likeness (QED) is 0.336. The van der Waals surface area contributed by atoms with Crippen molar-refractivity contribution in [3.63, 3.8) is 0 Å². The van der Waals surface area contributed by atoms with Crippen molar-refractivity contribution in [2.45, 2.75) is 135 Å². The molecule has 0 saturated heterocycles. The van der Waals surface area contributed by atoms with Crippen LogP contribution < -0.4 is 0 Å². The van der Waals surface area contributed by atoms with Gasteiger partial charge in [-0.15, -0.1) is 0 Å². The highest BCUT2D eigenvalue weighted by molar-refractivity contribution is 5.75. The zero-order chi connectivity index (χ0) is 17.5. The summed E-state index contributed by atoms with van der Waals surface area (Å²) in [6.45, 7) is 1.69. The van der Waals surface area contributed by atoms with Crippen LogP contribution in [0, 0.1) is 0 Å². The molecule has 0 unspecified atom stereocenters. The molecule has 0 aromatic heterocycles. The number of carbonyl (C=O) groups is 1. The van der Waals surface area contributed by atoms with Gasteiger partial charge >= 0.3 is 0 Å². The summed E-state index contributed by atoms with van der Waals surface area (Å²) in [5, 5.41) is 10.5. The Bertz CT molecular complexity index is 305. The number of ketones is 1. The van der Waals surface area contributed by atoms with Crippen LogP contribution in [0.2, 0.25) is 0 Å². The van der Waals surface area contributed by atoms with Crippen LogP contribution in [0.15, 0.2) is 0 Å². The lowest BCUT2D eigenvalue weighted by Gasteiger charge is -2.32. The van der Waals surface area contributed by atoms with Gasteiger partial charge in [-0.05, 0) is 32.6 Å². The van der Waals surface area contributed by atoms with Crippen LogP contribution >= 0.6 is 0 Å². The van der Waals surface area contributed by atoms with Gasteiger partial charge in [0.15, 0.2) is 0 Å². The van der Waals surface area contributed by atoms with Crippen molar-refractivity contribution in [1.29, 1.82) is 0 Å². The molecule has 0 aliphatic heterocycles. The summed E-state index contributed by atoms with van der Waals surface area (Å²) in [6.07, 6.45) is 23.4. The minimum Gasteiger partial charge on any atom is -0.390 e. The summed E-state index contributed by atoms with van der Waals surface area (Å²) in [6, 6.07) is 0. The molecule has 2 nitrogen and oxygen atoms in total. The van der Waals surface area contributed by atoms with Crippen molar-refractivity contribution in [1.82, 2.24) is 0 Å². The van der Waals surface area contributed by atoms with Gasteiger partial charge in [0.2, 0.25) is 0 Å². The Kier molecular flexibility index (Phi) is 12.5. The van der Waals surface area contributed by atoms with E-state index in [1.807, 2.05) is 0 Å². The molecule has 1 aliphatic rings. The molecule has 0 heterocycles. The first-order chi connectivity index (χ1) is 11.6. The summed E-state index contributed by atoms with van der Waals surface area (Å²) in [7, 11) is 0. The van der Waals surface area contributed by atoms with E-state index >= 15 is 0 Å². The Morgan fingerprint density at radius 2 is 1.12 bits per heavy atom. The van der Waals surface area contributed by atoms with E-state index in [0.717, 1.165) is 32.1 Å². The topological polar surface area (TPSA) is 37.3 Å². The van der Waals surface area contributed by atoms with Gasteiger partial charge in [-0.3, -0.25) is 0 Å². The first kappa shape index (κ1) is 21.7. The number of Topliss-reactive ketones (excluding diaryl/α,β-unsaturated/α-hetero) is 1. The van der Waals surface area contributed by atoms with Crippen LogP contribution in [0.5, 0.6) is 0 Å². The second kappa shape index (κ2) is 13.9. The summed E-state index contributed by atoms with van der Waals surface area (Å²) in [5.74, 6) is 0.336. The number of unbranched alkanes of at least 4 members (excludes halogenated alkanes) is 11. The zero-order valence-electron chi connectivity index (χ0n) is 16.3. The summed E-state index contributed by atoms with van der Waals surface area (Å²) >= 11 is 0. The monoisotopic (exact) mass is 338 g/mol. The molecular formula is C22H42O2.